The second-order valence-electron chi connectivity index (χ2n) is 5.04. The summed E-state index contributed by atoms with van der Waals surface area (Å²) in [6, 6.07) is 4.29. The molecule has 0 saturated carbocycles. The molecule has 0 spiro atoms. The number of nitrogens with zero attached hydrogens (tertiary/aromatic N) is 1. The lowest BCUT2D eigenvalue weighted by Crippen LogP contribution is -2.53. The zero-order chi connectivity index (χ0) is 17.6. The number of amides is 3. The standard InChI is InChI=1S/C15H16N2O4.C2H6/c1-9-4-3-5-10(8-18)13(9)15(21)17(2)11-6-7-12(19)16-14(11)20;1-2/h3-5,8,11H,6-7H2,1-2H3,(H,16,19,20);1-2H3. The van der Waals surface area contributed by atoms with Gasteiger partial charge in [0.2, 0.25) is 11.8 Å². The maximum Gasteiger partial charge on any atom is 0.255 e. The van der Waals surface area contributed by atoms with Crippen LogP contribution in [0.3, 0.4) is 0 Å². The molecule has 1 aliphatic rings. The number of aldehydes is 1. The Morgan fingerprint density at radius 1 is 1.30 bits per heavy atom. The molecule has 1 aliphatic heterocycles. The molecule has 1 unspecified atom stereocenters. The van der Waals surface area contributed by atoms with Crippen LogP contribution in [0.1, 0.15) is 53.0 Å². The van der Waals surface area contributed by atoms with Gasteiger partial charge < -0.3 is 4.90 Å². The van der Waals surface area contributed by atoms with Crippen molar-refractivity contribution in [3.05, 3.63) is 34.9 Å². The number of piperidine rings is 1. The van der Waals surface area contributed by atoms with E-state index >= 15 is 0 Å². The fraction of sp³-hybridized carbons (Fsp3) is 0.412. The number of imide groups is 1. The number of carbonyl (C=O) groups is 4. The third kappa shape index (κ3) is 4.03. The molecule has 0 bridgehead atoms. The fourth-order valence-corrected chi connectivity index (χ4v) is 2.45. The van der Waals surface area contributed by atoms with E-state index in [1.807, 2.05) is 13.8 Å². The summed E-state index contributed by atoms with van der Waals surface area (Å²) in [5, 5.41) is 2.22. The lowest BCUT2D eigenvalue weighted by atomic mass is 9.99. The van der Waals surface area contributed by atoms with E-state index in [0.29, 0.717) is 23.0 Å². The van der Waals surface area contributed by atoms with Crippen molar-refractivity contribution in [2.75, 3.05) is 7.05 Å². The topological polar surface area (TPSA) is 83.6 Å². The smallest absolute Gasteiger partial charge is 0.255 e. The Balaban J connectivity index is 0.00000127. The second-order valence-corrected chi connectivity index (χ2v) is 5.04. The van der Waals surface area contributed by atoms with Gasteiger partial charge in [-0.15, -0.1) is 0 Å². The summed E-state index contributed by atoms with van der Waals surface area (Å²) >= 11 is 0. The van der Waals surface area contributed by atoms with E-state index in [4.69, 9.17) is 0 Å². The van der Waals surface area contributed by atoms with Gasteiger partial charge in [0.05, 0.1) is 5.56 Å². The van der Waals surface area contributed by atoms with Crippen molar-refractivity contribution in [1.82, 2.24) is 10.2 Å². The molecule has 1 fully saturated rings. The van der Waals surface area contributed by atoms with Crippen LogP contribution in [0.5, 0.6) is 0 Å². The van der Waals surface area contributed by atoms with Crippen molar-refractivity contribution < 1.29 is 19.2 Å². The predicted octanol–water partition coefficient (Wildman–Crippen LogP) is 1.71. The van der Waals surface area contributed by atoms with Gasteiger partial charge in [0, 0.05) is 19.0 Å². The number of hydrogen-bond acceptors (Lipinski definition) is 4. The minimum atomic E-state index is -0.700. The minimum Gasteiger partial charge on any atom is -0.330 e. The van der Waals surface area contributed by atoms with E-state index in [9.17, 15) is 19.2 Å². The summed E-state index contributed by atoms with van der Waals surface area (Å²) in [6.45, 7) is 5.73. The summed E-state index contributed by atoms with van der Waals surface area (Å²) in [6.07, 6.45) is 1.11. The lowest BCUT2D eigenvalue weighted by Gasteiger charge is -2.30. The van der Waals surface area contributed by atoms with E-state index in [-0.39, 0.29) is 18.7 Å². The van der Waals surface area contributed by atoms with Gasteiger partial charge in [-0.25, -0.2) is 0 Å². The van der Waals surface area contributed by atoms with Crippen molar-refractivity contribution in [2.45, 2.75) is 39.7 Å². The SMILES string of the molecule is CC.Cc1cccc(C=O)c1C(=O)N(C)C1CCC(=O)NC1=O. The molecule has 6 heteroatoms. The molecular weight excluding hydrogens is 296 g/mol. The Bertz CT molecular complexity index is 625. The molecule has 0 aliphatic carbocycles. The molecule has 3 amide bonds. The normalized spacial score (nSPS) is 16.8. The first-order valence-corrected chi connectivity index (χ1v) is 7.61. The molecule has 1 saturated heterocycles. The van der Waals surface area contributed by atoms with E-state index in [0.717, 1.165) is 0 Å². The van der Waals surface area contributed by atoms with Gasteiger partial charge in [-0.2, -0.15) is 0 Å². The van der Waals surface area contributed by atoms with Crippen LogP contribution in [-0.4, -0.2) is 42.0 Å². The number of hydrogen-bond donors (Lipinski definition) is 1. The summed E-state index contributed by atoms with van der Waals surface area (Å²) in [5.41, 5.74) is 1.25. The molecule has 0 radical (unpaired) electrons. The van der Waals surface area contributed by atoms with E-state index in [2.05, 4.69) is 5.32 Å². The van der Waals surface area contributed by atoms with Crippen LogP contribution in [0.4, 0.5) is 0 Å². The Labute approximate surface area is 135 Å². The number of likely N-dealkylation sites (N-methyl/N-ethyl adjacent to an activating group) is 1. The molecule has 1 N–H and O–H groups in total. The van der Waals surface area contributed by atoms with Crippen molar-refractivity contribution in [2.24, 2.45) is 0 Å². The molecule has 124 valence electrons. The average molecular weight is 318 g/mol. The lowest BCUT2D eigenvalue weighted by molar-refractivity contribution is -0.136. The molecule has 1 heterocycles. The summed E-state index contributed by atoms with van der Waals surface area (Å²) in [7, 11) is 1.50. The molecule has 23 heavy (non-hydrogen) atoms. The van der Waals surface area contributed by atoms with Crippen LogP contribution in [0.15, 0.2) is 18.2 Å². The highest BCUT2D eigenvalue weighted by Gasteiger charge is 2.33. The van der Waals surface area contributed by atoms with Gasteiger partial charge in [0.1, 0.15) is 6.04 Å². The van der Waals surface area contributed by atoms with Crippen LogP contribution in [0.2, 0.25) is 0 Å². The zero-order valence-electron chi connectivity index (χ0n) is 13.9. The first-order chi connectivity index (χ1) is 11.0. The highest BCUT2D eigenvalue weighted by Crippen LogP contribution is 2.19. The van der Waals surface area contributed by atoms with Gasteiger partial charge in [-0.1, -0.05) is 32.0 Å². The molecule has 2 rings (SSSR count). The molecule has 6 nitrogen and oxygen atoms in total. The van der Waals surface area contributed by atoms with Crippen LogP contribution < -0.4 is 5.32 Å². The van der Waals surface area contributed by atoms with Crippen molar-refractivity contribution in [1.29, 1.82) is 0 Å². The third-order valence-corrected chi connectivity index (χ3v) is 3.64. The van der Waals surface area contributed by atoms with Crippen LogP contribution in [0.25, 0.3) is 0 Å². The Morgan fingerprint density at radius 3 is 2.52 bits per heavy atom. The molecular formula is C17H22N2O4. The maximum absolute atomic E-state index is 12.6. The largest absolute Gasteiger partial charge is 0.330 e. The summed E-state index contributed by atoms with van der Waals surface area (Å²) in [4.78, 5) is 47.9. The van der Waals surface area contributed by atoms with Gasteiger partial charge in [-0.3, -0.25) is 24.5 Å². The fourth-order valence-electron chi connectivity index (χ4n) is 2.45. The van der Waals surface area contributed by atoms with E-state index in [1.54, 1.807) is 25.1 Å². The van der Waals surface area contributed by atoms with Crippen LogP contribution in [-0.2, 0) is 9.59 Å². The zero-order valence-corrected chi connectivity index (χ0v) is 13.9. The summed E-state index contributed by atoms with van der Waals surface area (Å²) in [5.74, 6) is -1.21. The van der Waals surface area contributed by atoms with Gasteiger partial charge in [0.15, 0.2) is 6.29 Å². The van der Waals surface area contributed by atoms with Crippen molar-refractivity contribution in [3.63, 3.8) is 0 Å². The number of rotatable bonds is 3. The number of carbonyl (C=O) groups excluding carboxylic acids is 4. The molecule has 0 aromatic heterocycles. The monoisotopic (exact) mass is 318 g/mol. The first kappa shape index (κ1) is 18.5. The highest BCUT2D eigenvalue weighted by molar-refractivity contribution is 6.06. The second kappa shape index (κ2) is 8.22. The van der Waals surface area contributed by atoms with E-state index < -0.39 is 17.9 Å². The number of benzene rings is 1. The summed E-state index contributed by atoms with van der Waals surface area (Å²) < 4.78 is 0. The molecule has 1 aromatic rings. The first-order valence-electron chi connectivity index (χ1n) is 7.61. The molecule has 1 aromatic carbocycles. The van der Waals surface area contributed by atoms with Gasteiger partial charge in [0.25, 0.3) is 5.91 Å². The van der Waals surface area contributed by atoms with Crippen LogP contribution >= 0.6 is 0 Å². The van der Waals surface area contributed by atoms with Crippen molar-refractivity contribution >= 4 is 24.0 Å². The minimum absolute atomic E-state index is 0.197. The number of aryl methyl sites for hydroxylation is 1. The Kier molecular flexibility index (Phi) is 6.63. The Morgan fingerprint density at radius 2 is 1.96 bits per heavy atom. The van der Waals surface area contributed by atoms with Crippen LogP contribution in [0, 0.1) is 6.92 Å². The quantitative estimate of drug-likeness (QED) is 0.679. The molecule has 1 atom stereocenters. The highest BCUT2D eigenvalue weighted by atomic mass is 16.2. The predicted molar refractivity (Wildman–Crippen MR) is 86.2 cm³/mol. The Hall–Kier alpha value is -2.50. The maximum atomic E-state index is 12.6. The number of nitrogens with one attached hydrogen (secondary N) is 1. The van der Waals surface area contributed by atoms with Gasteiger partial charge in [-0.05, 0) is 18.9 Å². The van der Waals surface area contributed by atoms with E-state index in [1.165, 1.54) is 11.9 Å². The third-order valence-electron chi connectivity index (χ3n) is 3.64. The van der Waals surface area contributed by atoms with Gasteiger partial charge >= 0.3 is 0 Å². The average Bonchev–Trinajstić information content (AvgIpc) is 2.55. The van der Waals surface area contributed by atoms with Crippen molar-refractivity contribution in [3.8, 4) is 0 Å².